The molecule has 3 rings (SSSR count). The Morgan fingerprint density at radius 1 is 1.39 bits per heavy atom. The fraction of sp³-hybridized carbons (Fsp3) is 0.421. The maximum atomic E-state index is 12.9. The number of hydrogen-bond acceptors (Lipinski definition) is 4. The van der Waals surface area contributed by atoms with Crippen LogP contribution >= 0.6 is 0 Å². The van der Waals surface area contributed by atoms with E-state index >= 15 is 0 Å². The van der Waals surface area contributed by atoms with E-state index in [1.807, 2.05) is 32.0 Å². The van der Waals surface area contributed by atoms with Gasteiger partial charge in [-0.2, -0.15) is 5.26 Å². The standard InChI is InChI=1S/C19H20N2O2/c1-11(2)9-13-16(19(13,3)4)17(22)12(10-20)18-21-14-7-5-6-8-15(14)23-18/h5-9,12-13,16H,1-4H3/t12-,13-,16-/m1/s1. The summed E-state index contributed by atoms with van der Waals surface area (Å²) in [6.45, 7) is 8.19. The Morgan fingerprint density at radius 2 is 2.09 bits per heavy atom. The fourth-order valence-corrected chi connectivity index (χ4v) is 3.32. The van der Waals surface area contributed by atoms with E-state index in [0.717, 1.165) is 0 Å². The third-order valence-electron chi connectivity index (χ3n) is 4.70. The van der Waals surface area contributed by atoms with Crippen LogP contribution in [0.1, 0.15) is 39.5 Å². The lowest BCUT2D eigenvalue weighted by Crippen LogP contribution is -2.16. The molecule has 1 aliphatic rings. The van der Waals surface area contributed by atoms with Gasteiger partial charge in [-0.05, 0) is 37.3 Å². The van der Waals surface area contributed by atoms with Crippen LogP contribution in [0.3, 0.4) is 0 Å². The van der Waals surface area contributed by atoms with E-state index in [0.29, 0.717) is 11.1 Å². The zero-order valence-electron chi connectivity index (χ0n) is 13.8. The van der Waals surface area contributed by atoms with Gasteiger partial charge < -0.3 is 4.42 Å². The Balaban J connectivity index is 1.91. The van der Waals surface area contributed by atoms with Crippen molar-refractivity contribution in [3.63, 3.8) is 0 Å². The van der Waals surface area contributed by atoms with Gasteiger partial charge in [0.25, 0.3) is 0 Å². The Hall–Kier alpha value is -2.41. The van der Waals surface area contributed by atoms with E-state index in [1.165, 1.54) is 5.57 Å². The lowest BCUT2D eigenvalue weighted by molar-refractivity contribution is -0.121. The number of oxazole rings is 1. The molecule has 0 aliphatic heterocycles. The summed E-state index contributed by atoms with van der Waals surface area (Å²) >= 11 is 0. The van der Waals surface area contributed by atoms with Crippen molar-refractivity contribution < 1.29 is 9.21 Å². The first-order chi connectivity index (χ1) is 10.9. The molecule has 4 nitrogen and oxygen atoms in total. The molecule has 0 radical (unpaired) electrons. The van der Waals surface area contributed by atoms with E-state index in [-0.39, 0.29) is 28.9 Å². The number of rotatable bonds is 4. The maximum absolute atomic E-state index is 12.9. The van der Waals surface area contributed by atoms with Crippen LogP contribution in [-0.4, -0.2) is 10.8 Å². The molecule has 1 aromatic carbocycles. The summed E-state index contributed by atoms with van der Waals surface area (Å²) < 4.78 is 5.63. The number of aromatic nitrogens is 1. The van der Waals surface area contributed by atoms with Gasteiger partial charge in [-0.3, -0.25) is 4.79 Å². The van der Waals surface area contributed by atoms with Crippen LogP contribution in [0, 0.1) is 28.6 Å². The predicted octanol–water partition coefficient (Wildman–Crippen LogP) is 4.24. The minimum absolute atomic E-state index is 0.0912. The first-order valence-corrected chi connectivity index (χ1v) is 7.80. The number of ketones is 1. The molecule has 0 unspecified atom stereocenters. The number of nitriles is 1. The summed E-state index contributed by atoms with van der Waals surface area (Å²) in [6, 6.07) is 9.39. The lowest BCUT2D eigenvalue weighted by Gasteiger charge is -2.05. The SMILES string of the molecule is CC(C)=C[C@@H]1[C@H](C(=O)[C@@H](C#N)c2nc3ccccc3o2)C1(C)C. The van der Waals surface area contributed by atoms with Crippen molar-refractivity contribution in [3.05, 3.63) is 41.8 Å². The summed E-state index contributed by atoms with van der Waals surface area (Å²) in [5.74, 6) is -0.802. The van der Waals surface area contributed by atoms with Crippen molar-refractivity contribution in [3.8, 4) is 6.07 Å². The quantitative estimate of drug-likeness (QED) is 0.792. The smallest absolute Gasteiger partial charge is 0.220 e. The van der Waals surface area contributed by atoms with E-state index in [2.05, 4.69) is 31.0 Å². The van der Waals surface area contributed by atoms with Gasteiger partial charge in [0.1, 0.15) is 5.52 Å². The van der Waals surface area contributed by atoms with Gasteiger partial charge in [0.05, 0.1) is 6.07 Å². The van der Waals surface area contributed by atoms with Crippen molar-refractivity contribution in [2.24, 2.45) is 17.3 Å². The molecular weight excluding hydrogens is 288 g/mol. The van der Waals surface area contributed by atoms with Crippen molar-refractivity contribution in [2.75, 3.05) is 0 Å². The van der Waals surface area contributed by atoms with Crippen LogP contribution in [0.2, 0.25) is 0 Å². The highest BCUT2D eigenvalue weighted by Crippen LogP contribution is 2.61. The summed E-state index contributed by atoms with van der Waals surface area (Å²) in [4.78, 5) is 17.2. The number of benzene rings is 1. The van der Waals surface area contributed by atoms with Crippen molar-refractivity contribution in [1.29, 1.82) is 5.26 Å². The Labute approximate surface area is 135 Å². The molecule has 3 atom stereocenters. The van der Waals surface area contributed by atoms with Gasteiger partial charge in [-0.1, -0.05) is 37.6 Å². The molecule has 4 heteroatoms. The van der Waals surface area contributed by atoms with Gasteiger partial charge in [0.2, 0.25) is 5.89 Å². The second-order valence-corrected chi connectivity index (χ2v) is 7.05. The lowest BCUT2D eigenvalue weighted by atomic mass is 9.97. The van der Waals surface area contributed by atoms with E-state index in [9.17, 15) is 10.1 Å². The zero-order chi connectivity index (χ0) is 16.8. The molecule has 118 valence electrons. The van der Waals surface area contributed by atoms with Gasteiger partial charge in [0, 0.05) is 5.92 Å². The monoisotopic (exact) mass is 308 g/mol. The average molecular weight is 308 g/mol. The topological polar surface area (TPSA) is 66.9 Å². The second kappa shape index (κ2) is 5.34. The van der Waals surface area contributed by atoms with Crippen LogP contribution in [0.25, 0.3) is 11.1 Å². The second-order valence-electron chi connectivity index (χ2n) is 7.05. The molecule has 0 spiro atoms. The van der Waals surface area contributed by atoms with Crippen LogP contribution < -0.4 is 0 Å². The molecular formula is C19H20N2O2. The first kappa shape index (κ1) is 15.5. The molecule has 1 aromatic heterocycles. The number of nitrogens with zero attached hydrogens (tertiary/aromatic N) is 2. The third-order valence-corrected chi connectivity index (χ3v) is 4.70. The fourth-order valence-electron chi connectivity index (χ4n) is 3.32. The van der Waals surface area contributed by atoms with Crippen molar-refractivity contribution >= 4 is 16.9 Å². The molecule has 23 heavy (non-hydrogen) atoms. The number of fused-ring (bicyclic) bond motifs is 1. The number of hydrogen-bond donors (Lipinski definition) is 0. The molecule has 1 aliphatic carbocycles. The molecule has 1 heterocycles. The van der Waals surface area contributed by atoms with E-state index < -0.39 is 5.92 Å². The number of Topliss-reactive ketones (excluding diaryl/α,β-unsaturated/α-hetero) is 1. The summed E-state index contributed by atoms with van der Waals surface area (Å²) in [6.07, 6.45) is 2.13. The largest absolute Gasteiger partial charge is 0.439 e. The number of carbonyl (C=O) groups is 1. The zero-order valence-corrected chi connectivity index (χ0v) is 13.8. The van der Waals surface area contributed by atoms with E-state index in [4.69, 9.17) is 4.42 Å². The molecule has 0 N–H and O–H groups in total. The molecule has 2 aromatic rings. The van der Waals surface area contributed by atoms with Crippen LogP contribution in [0.15, 0.2) is 40.3 Å². The molecule has 0 saturated heterocycles. The van der Waals surface area contributed by atoms with Crippen molar-refractivity contribution in [2.45, 2.75) is 33.6 Å². The number of para-hydroxylation sites is 2. The highest BCUT2D eigenvalue weighted by molar-refractivity contribution is 5.93. The maximum Gasteiger partial charge on any atom is 0.220 e. The van der Waals surface area contributed by atoms with Crippen LogP contribution in [0.4, 0.5) is 0 Å². The summed E-state index contributed by atoms with van der Waals surface area (Å²) in [5, 5.41) is 9.50. The Morgan fingerprint density at radius 3 is 2.70 bits per heavy atom. The Bertz CT molecular complexity index is 801. The van der Waals surface area contributed by atoms with Gasteiger partial charge in [-0.25, -0.2) is 4.98 Å². The van der Waals surface area contributed by atoms with Gasteiger partial charge in [0.15, 0.2) is 17.3 Å². The highest BCUT2D eigenvalue weighted by Gasteiger charge is 2.61. The predicted molar refractivity (Wildman–Crippen MR) is 87.6 cm³/mol. The van der Waals surface area contributed by atoms with Crippen LogP contribution in [0.5, 0.6) is 0 Å². The normalized spacial score (nSPS) is 23.1. The number of allylic oxidation sites excluding steroid dienone is 2. The highest BCUT2D eigenvalue weighted by atomic mass is 16.3. The number of carbonyl (C=O) groups excluding carboxylic acids is 1. The van der Waals surface area contributed by atoms with Crippen molar-refractivity contribution in [1.82, 2.24) is 4.98 Å². The molecule has 0 bridgehead atoms. The molecule has 1 saturated carbocycles. The molecule has 0 amide bonds. The Kier molecular flexibility index (Phi) is 3.60. The van der Waals surface area contributed by atoms with E-state index in [1.54, 1.807) is 6.07 Å². The summed E-state index contributed by atoms with van der Waals surface area (Å²) in [7, 11) is 0. The van der Waals surface area contributed by atoms with Gasteiger partial charge in [-0.15, -0.1) is 0 Å². The first-order valence-electron chi connectivity index (χ1n) is 7.80. The third kappa shape index (κ3) is 2.57. The average Bonchev–Trinajstić information content (AvgIpc) is 2.84. The van der Waals surface area contributed by atoms with Crippen LogP contribution in [-0.2, 0) is 4.79 Å². The minimum Gasteiger partial charge on any atom is -0.439 e. The summed E-state index contributed by atoms with van der Waals surface area (Å²) in [5.41, 5.74) is 2.35. The van der Waals surface area contributed by atoms with Gasteiger partial charge >= 0.3 is 0 Å². The minimum atomic E-state index is -0.942. The molecule has 1 fully saturated rings.